The van der Waals surface area contributed by atoms with Crippen molar-refractivity contribution in [3.05, 3.63) is 88.8 Å². The SMILES string of the molecule is COc1cc(Nc2ncccc2C(=O)NCc2cn(Cc3ccc(Cl)cc3)nn2)cc(OC)c1. The van der Waals surface area contributed by atoms with Crippen molar-refractivity contribution in [3.63, 3.8) is 0 Å². The highest BCUT2D eigenvalue weighted by atomic mass is 35.5. The number of aromatic nitrogens is 4. The molecule has 4 rings (SSSR count). The first-order chi connectivity index (χ1) is 16.5. The first-order valence-electron chi connectivity index (χ1n) is 10.4. The van der Waals surface area contributed by atoms with Gasteiger partial charge in [0.05, 0.1) is 39.1 Å². The van der Waals surface area contributed by atoms with Gasteiger partial charge < -0.3 is 20.1 Å². The Morgan fingerprint density at radius 1 is 1.06 bits per heavy atom. The third kappa shape index (κ3) is 5.81. The molecule has 0 unspecified atom stereocenters. The van der Waals surface area contributed by atoms with E-state index in [1.807, 2.05) is 24.3 Å². The van der Waals surface area contributed by atoms with Gasteiger partial charge in [0.1, 0.15) is 23.0 Å². The second-order valence-electron chi connectivity index (χ2n) is 7.34. The van der Waals surface area contributed by atoms with E-state index in [1.165, 1.54) is 0 Å². The maximum absolute atomic E-state index is 12.9. The Morgan fingerprint density at radius 3 is 2.50 bits per heavy atom. The normalized spacial score (nSPS) is 10.6. The number of carbonyl (C=O) groups is 1. The van der Waals surface area contributed by atoms with Crippen molar-refractivity contribution < 1.29 is 14.3 Å². The van der Waals surface area contributed by atoms with Crippen LogP contribution in [0.5, 0.6) is 11.5 Å². The first kappa shape index (κ1) is 23.1. The Morgan fingerprint density at radius 2 is 1.79 bits per heavy atom. The van der Waals surface area contributed by atoms with Gasteiger partial charge in [-0.2, -0.15) is 0 Å². The lowest BCUT2D eigenvalue weighted by Gasteiger charge is -2.13. The summed E-state index contributed by atoms with van der Waals surface area (Å²) >= 11 is 5.93. The molecule has 0 aliphatic carbocycles. The Bertz CT molecular complexity index is 1250. The monoisotopic (exact) mass is 478 g/mol. The summed E-state index contributed by atoms with van der Waals surface area (Å²) in [6, 6.07) is 16.3. The zero-order valence-electron chi connectivity index (χ0n) is 18.7. The highest BCUT2D eigenvalue weighted by molar-refractivity contribution is 6.30. The van der Waals surface area contributed by atoms with Crippen LogP contribution in [0.2, 0.25) is 5.02 Å². The highest BCUT2D eigenvalue weighted by Crippen LogP contribution is 2.28. The van der Waals surface area contributed by atoms with Crippen molar-refractivity contribution in [1.29, 1.82) is 0 Å². The quantitative estimate of drug-likeness (QED) is 0.374. The van der Waals surface area contributed by atoms with Crippen LogP contribution in [0.15, 0.2) is 67.0 Å². The van der Waals surface area contributed by atoms with Gasteiger partial charge in [0, 0.05) is 35.1 Å². The lowest BCUT2D eigenvalue weighted by Crippen LogP contribution is -2.24. The molecule has 34 heavy (non-hydrogen) atoms. The molecule has 2 heterocycles. The maximum Gasteiger partial charge on any atom is 0.255 e. The summed E-state index contributed by atoms with van der Waals surface area (Å²) in [5.74, 6) is 1.34. The van der Waals surface area contributed by atoms with Crippen LogP contribution in [-0.2, 0) is 13.1 Å². The molecule has 0 saturated heterocycles. The van der Waals surface area contributed by atoms with Gasteiger partial charge in [-0.3, -0.25) is 4.79 Å². The number of anilines is 2. The number of hydrogen-bond donors (Lipinski definition) is 2. The van der Waals surface area contributed by atoms with Crippen LogP contribution in [0.3, 0.4) is 0 Å². The van der Waals surface area contributed by atoms with Crippen LogP contribution in [0, 0.1) is 0 Å². The third-order valence-corrected chi connectivity index (χ3v) is 5.19. The third-order valence-electron chi connectivity index (χ3n) is 4.94. The molecule has 0 saturated carbocycles. The molecule has 0 atom stereocenters. The number of halogens is 1. The average molecular weight is 479 g/mol. The molecule has 174 valence electrons. The van der Waals surface area contributed by atoms with E-state index in [0.717, 1.165) is 5.56 Å². The molecule has 0 spiro atoms. The number of rotatable bonds is 9. The number of ether oxygens (including phenoxy) is 2. The lowest BCUT2D eigenvalue weighted by molar-refractivity contribution is 0.0951. The molecule has 0 fully saturated rings. The van der Waals surface area contributed by atoms with E-state index in [1.54, 1.807) is 61.6 Å². The fraction of sp³-hybridized carbons (Fsp3) is 0.167. The maximum atomic E-state index is 12.9. The fourth-order valence-corrected chi connectivity index (χ4v) is 3.37. The van der Waals surface area contributed by atoms with Gasteiger partial charge in [0.25, 0.3) is 5.91 Å². The van der Waals surface area contributed by atoms with Crippen LogP contribution in [0.1, 0.15) is 21.6 Å². The summed E-state index contributed by atoms with van der Waals surface area (Å²) in [4.78, 5) is 17.2. The van der Waals surface area contributed by atoms with Crippen LogP contribution >= 0.6 is 11.6 Å². The van der Waals surface area contributed by atoms with Crippen molar-refractivity contribution in [3.8, 4) is 11.5 Å². The van der Waals surface area contributed by atoms with E-state index < -0.39 is 0 Å². The number of amides is 1. The van der Waals surface area contributed by atoms with Crippen molar-refractivity contribution in [2.24, 2.45) is 0 Å². The van der Waals surface area contributed by atoms with E-state index in [-0.39, 0.29) is 12.5 Å². The predicted octanol–water partition coefficient (Wildman–Crippen LogP) is 4.07. The minimum atomic E-state index is -0.294. The molecular weight excluding hydrogens is 456 g/mol. The molecular formula is C24H23ClN6O3. The van der Waals surface area contributed by atoms with E-state index in [4.69, 9.17) is 21.1 Å². The topological polar surface area (TPSA) is 103 Å². The van der Waals surface area contributed by atoms with Crippen LogP contribution in [0.25, 0.3) is 0 Å². The molecule has 2 aromatic heterocycles. The number of hydrogen-bond acceptors (Lipinski definition) is 7. The average Bonchev–Trinajstić information content (AvgIpc) is 3.31. The summed E-state index contributed by atoms with van der Waals surface area (Å²) in [6.07, 6.45) is 3.40. The summed E-state index contributed by atoms with van der Waals surface area (Å²) in [5.41, 5.74) is 2.75. The van der Waals surface area contributed by atoms with Crippen LogP contribution in [-0.4, -0.2) is 40.1 Å². The van der Waals surface area contributed by atoms with Gasteiger partial charge in [-0.25, -0.2) is 9.67 Å². The Kier molecular flexibility index (Phi) is 7.24. The largest absolute Gasteiger partial charge is 0.497 e. The molecule has 2 N–H and O–H groups in total. The number of nitrogens with zero attached hydrogens (tertiary/aromatic N) is 4. The Labute approximate surface area is 201 Å². The van der Waals surface area contributed by atoms with Crippen molar-refractivity contribution in [2.75, 3.05) is 19.5 Å². The zero-order chi connectivity index (χ0) is 23.9. The number of methoxy groups -OCH3 is 2. The lowest BCUT2D eigenvalue weighted by atomic mass is 10.2. The summed E-state index contributed by atoms with van der Waals surface area (Å²) in [5, 5.41) is 15.0. The van der Waals surface area contributed by atoms with Gasteiger partial charge in [0.2, 0.25) is 0 Å². The van der Waals surface area contributed by atoms with Gasteiger partial charge in [0.15, 0.2) is 0 Å². The molecule has 0 radical (unpaired) electrons. The Balaban J connectivity index is 1.42. The van der Waals surface area contributed by atoms with Crippen molar-refractivity contribution in [2.45, 2.75) is 13.1 Å². The second-order valence-corrected chi connectivity index (χ2v) is 7.78. The minimum absolute atomic E-state index is 0.223. The molecule has 2 aromatic carbocycles. The molecule has 4 aromatic rings. The highest BCUT2D eigenvalue weighted by Gasteiger charge is 2.14. The zero-order valence-corrected chi connectivity index (χ0v) is 19.4. The molecule has 9 nitrogen and oxygen atoms in total. The van der Waals surface area contributed by atoms with E-state index in [2.05, 4.69) is 25.9 Å². The molecule has 0 aliphatic rings. The molecule has 0 aliphatic heterocycles. The summed E-state index contributed by atoms with van der Waals surface area (Å²) < 4.78 is 12.3. The van der Waals surface area contributed by atoms with Crippen LogP contribution in [0.4, 0.5) is 11.5 Å². The number of benzene rings is 2. The molecule has 10 heteroatoms. The van der Waals surface area contributed by atoms with Crippen LogP contribution < -0.4 is 20.1 Å². The minimum Gasteiger partial charge on any atom is -0.497 e. The van der Waals surface area contributed by atoms with Crippen molar-refractivity contribution >= 4 is 29.0 Å². The van der Waals surface area contributed by atoms with Gasteiger partial charge in [-0.15, -0.1) is 5.10 Å². The summed E-state index contributed by atoms with van der Waals surface area (Å²) in [7, 11) is 3.15. The number of pyridine rings is 1. The van der Waals surface area contributed by atoms with Gasteiger partial charge >= 0.3 is 0 Å². The number of carbonyl (C=O) groups excluding carboxylic acids is 1. The summed E-state index contributed by atoms with van der Waals surface area (Å²) in [6.45, 7) is 0.777. The Hall–Kier alpha value is -4.11. The van der Waals surface area contributed by atoms with E-state index in [9.17, 15) is 4.79 Å². The smallest absolute Gasteiger partial charge is 0.255 e. The standard InChI is InChI=1S/C24H23ClN6O3/c1-33-20-10-18(11-21(12-20)34-2)28-23-22(4-3-9-26-23)24(32)27-13-19-15-31(30-29-19)14-16-5-7-17(25)8-6-16/h3-12,15H,13-14H2,1-2H3,(H,26,28)(H,27,32). The second kappa shape index (κ2) is 10.7. The van der Waals surface area contributed by atoms with Crippen molar-refractivity contribution in [1.82, 2.24) is 25.3 Å². The van der Waals surface area contributed by atoms with Gasteiger partial charge in [-0.05, 0) is 29.8 Å². The fourth-order valence-electron chi connectivity index (χ4n) is 3.24. The van der Waals surface area contributed by atoms with E-state index in [0.29, 0.717) is 45.8 Å². The van der Waals surface area contributed by atoms with Gasteiger partial charge in [-0.1, -0.05) is 28.9 Å². The van der Waals surface area contributed by atoms with E-state index >= 15 is 0 Å². The molecule has 1 amide bonds. The molecule has 0 bridgehead atoms. The first-order valence-corrected chi connectivity index (χ1v) is 10.8. The predicted molar refractivity (Wildman–Crippen MR) is 129 cm³/mol. The number of nitrogens with one attached hydrogen (secondary N) is 2.